The fourth-order valence-electron chi connectivity index (χ4n) is 2.92. The molecule has 1 amide bonds. The largest absolute Gasteiger partial charge is 0.484 e. The third-order valence-electron chi connectivity index (χ3n) is 4.31. The molecule has 0 aliphatic carbocycles. The molecule has 28 heavy (non-hydrogen) atoms. The van der Waals surface area contributed by atoms with E-state index in [1.165, 1.54) is 12.3 Å². The predicted molar refractivity (Wildman–Crippen MR) is 97.6 cm³/mol. The van der Waals surface area contributed by atoms with Crippen molar-refractivity contribution in [1.29, 1.82) is 0 Å². The monoisotopic (exact) mass is 382 g/mol. The highest BCUT2D eigenvalue weighted by molar-refractivity contribution is 5.78. The van der Waals surface area contributed by atoms with Crippen LogP contribution in [-0.4, -0.2) is 52.3 Å². The summed E-state index contributed by atoms with van der Waals surface area (Å²) in [6, 6.07) is 11.7. The molecule has 1 fully saturated rings. The number of morpholine rings is 1. The first-order chi connectivity index (χ1) is 13.7. The molecule has 1 aliphatic rings. The molecule has 9 nitrogen and oxygen atoms in total. The molecule has 4 rings (SSSR count). The number of benzene rings is 1. The van der Waals surface area contributed by atoms with Crippen molar-refractivity contribution in [2.24, 2.45) is 0 Å². The standard InChI is InChI=1S/C19H18N4O5/c24-16-10-13(6-7-20-16)18-21-19(28-22-18)15-11-26-9-8-23(15)17(25)12-27-14-4-2-1-3-5-14/h1-7,10,15H,8-9,11-12H2,(H,20,24)/t15-/m1/s1. The molecule has 1 aliphatic heterocycles. The van der Waals surface area contributed by atoms with Gasteiger partial charge in [0, 0.05) is 24.4 Å². The number of nitrogens with zero attached hydrogens (tertiary/aromatic N) is 3. The van der Waals surface area contributed by atoms with E-state index in [0.29, 0.717) is 24.5 Å². The second-order valence-electron chi connectivity index (χ2n) is 6.18. The maximum Gasteiger partial charge on any atom is 0.261 e. The summed E-state index contributed by atoms with van der Waals surface area (Å²) in [7, 11) is 0. The van der Waals surface area contributed by atoms with Crippen molar-refractivity contribution in [3.05, 3.63) is 64.9 Å². The van der Waals surface area contributed by atoms with Crippen molar-refractivity contribution in [3.63, 3.8) is 0 Å². The summed E-state index contributed by atoms with van der Waals surface area (Å²) in [5.74, 6) is 0.950. The average molecular weight is 382 g/mol. The second-order valence-corrected chi connectivity index (χ2v) is 6.18. The maximum atomic E-state index is 12.7. The summed E-state index contributed by atoms with van der Waals surface area (Å²) in [5.41, 5.74) is 0.264. The van der Waals surface area contributed by atoms with Crippen LogP contribution in [-0.2, 0) is 9.53 Å². The highest BCUT2D eigenvalue weighted by Crippen LogP contribution is 2.25. The van der Waals surface area contributed by atoms with Gasteiger partial charge in [0.1, 0.15) is 11.8 Å². The second kappa shape index (κ2) is 8.05. The zero-order valence-corrected chi connectivity index (χ0v) is 14.9. The van der Waals surface area contributed by atoms with Gasteiger partial charge in [-0.2, -0.15) is 4.98 Å². The lowest BCUT2D eigenvalue weighted by molar-refractivity contribution is -0.143. The number of pyridine rings is 1. The van der Waals surface area contributed by atoms with Crippen LogP contribution in [0.2, 0.25) is 0 Å². The van der Waals surface area contributed by atoms with Crippen molar-refractivity contribution in [1.82, 2.24) is 20.0 Å². The number of amides is 1. The Balaban J connectivity index is 1.49. The van der Waals surface area contributed by atoms with Crippen molar-refractivity contribution in [3.8, 4) is 17.1 Å². The number of ether oxygens (including phenoxy) is 2. The molecule has 1 saturated heterocycles. The highest BCUT2D eigenvalue weighted by atomic mass is 16.5. The molecule has 9 heteroatoms. The van der Waals surface area contributed by atoms with Crippen molar-refractivity contribution < 1.29 is 18.8 Å². The molecular formula is C19H18N4O5. The van der Waals surface area contributed by atoms with Crippen molar-refractivity contribution in [2.75, 3.05) is 26.4 Å². The van der Waals surface area contributed by atoms with Crippen LogP contribution in [0, 0.1) is 0 Å². The number of rotatable bonds is 5. The Kier molecular flexibility index (Phi) is 5.16. The zero-order chi connectivity index (χ0) is 19.3. The Hall–Kier alpha value is -3.46. The van der Waals surface area contributed by atoms with Gasteiger partial charge in [0.15, 0.2) is 6.61 Å². The minimum absolute atomic E-state index is 0.102. The lowest BCUT2D eigenvalue weighted by atomic mass is 10.2. The number of nitrogens with one attached hydrogen (secondary N) is 1. The molecule has 144 valence electrons. The van der Waals surface area contributed by atoms with Crippen LogP contribution in [0.5, 0.6) is 5.75 Å². The van der Waals surface area contributed by atoms with Gasteiger partial charge in [0.25, 0.3) is 11.8 Å². The molecule has 1 atom stereocenters. The van der Waals surface area contributed by atoms with E-state index in [0.717, 1.165) is 0 Å². The van der Waals surface area contributed by atoms with Gasteiger partial charge in [-0.15, -0.1) is 0 Å². The molecule has 1 N–H and O–H groups in total. The molecule has 0 unspecified atom stereocenters. The topological polar surface area (TPSA) is 111 Å². The van der Waals surface area contributed by atoms with E-state index in [1.54, 1.807) is 23.1 Å². The molecule has 3 heterocycles. The molecule has 1 aromatic carbocycles. The number of hydrogen-bond donors (Lipinski definition) is 1. The van der Waals surface area contributed by atoms with E-state index in [1.807, 2.05) is 18.2 Å². The summed E-state index contributed by atoms with van der Waals surface area (Å²) in [5, 5.41) is 3.93. The number of carbonyl (C=O) groups excluding carboxylic acids is 1. The Morgan fingerprint density at radius 3 is 2.96 bits per heavy atom. The SMILES string of the molecule is O=C(COc1ccccc1)N1CCOC[C@@H]1c1nc(-c2cc[nH]c(=O)c2)no1. The highest BCUT2D eigenvalue weighted by Gasteiger charge is 2.33. The number of carbonyl (C=O) groups is 1. The van der Waals surface area contributed by atoms with Crippen LogP contribution in [0.15, 0.2) is 58.0 Å². The number of hydrogen-bond acceptors (Lipinski definition) is 7. The number of aromatic amines is 1. The van der Waals surface area contributed by atoms with E-state index in [-0.39, 0.29) is 36.4 Å². The van der Waals surface area contributed by atoms with Gasteiger partial charge >= 0.3 is 0 Å². The van der Waals surface area contributed by atoms with E-state index in [4.69, 9.17) is 14.0 Å². The fraction of sp³-hybridized carbons (Fsp3) is 0.263. The van der Waals surface area contributed by atoms with E-state index >= 15 is 0 Å². The number of para-hydroxylation sites is 1. The summed E-state index contributed by atoms with van der Waals surface area (Å²) in [6.45, 7) is 0.955. The average Bonchev–Trinajstić information content (AvgIpc) is 3.23. The quantitative estimate of drug-likeness (QED) is 0.710. The Labute approximate surface area is 159 Å². The van der Waals surface area contributed by atoms with Gasteiger partial charge in [0.2, 0.25) is 11.4 Å². The van der Waals surface area contributed by atoms with Gasteiger partial charge in [-0.05, 0) is 18.2 Å². The van der Waals surface area contributed by atoms with Gasteiger partial charge in [-0.3, -0.25) is 9.59 Å². The lowest BCUT2D eigenvalue weighted by Gasteiger charge is -2.33. The van der Waals surface area contributed by atoms with Gasteiger partial charge in [0.05, 0.1) is 13.2 Å². The molecule has 0 radical (unpaired) electrons. The van der Waals surface area contributed by atoms with Crippen LogP contribution in [0.25, 0.3) is 11.4 Å². The predicted octanol–water partition coefficient (Wildman–Crippen LogP) is 1.40. The van der Waals surface area contributed by atoms with Crippen LogP contribution in [0.3, 0.4) is 0 Å². The molecule has 0 saturated carbocycles. The van der Waals surface area contributed by atoms with Crippen molar-refractivity contribution >= 4 is 5.91 Å². The van der Waals surface area contributed by atoms with E-state index in [2.05, 4.69) is 15.1 Å². The van der Waals surface area contributed by atoms with E-state index in [9.17, 15) is 9.59 Å². The molecule has 3 aromatic rings. The smallest absolute Gasteiger partial charge is 0.261 e. The minimum Gasteiger partial charge on any atom is -0.484 e. The summed E-state index contributed by atoms with van der Waals surface area (Å²) >= 11 is 0. The number of H-pyrrole nitrogens is 1. The first-order valence-electron chi connectivity index (χ1n) is 8.78. The van der Waals surface area contributed by atoms with Crippen LogP contribution >= 0.6 is 0 Å². The van der Waals surface area contributed by atoms with Gasteiger partial charge < -0.3 is 23.9 Å². The van der Waals surface area contributed by atoms with Gasteiger partial charge in [-0.1, -0.05) is 23.4 Å². The van der Waals surface area contributed by atoms with Crippen LogP contribution in [0.1, 0.15) is 11.9 Å². The van der Waals surface area contributed by atoms with Crippen LogP contribution in [0.4, 0.5) is 0 Å². The molecule has 0 bridgehead atoms. The zero-order valence-electron chi connectivity index (χ0n) is 14.9. The first kappa shape index (κ1) is 17.9. The molecule has 2 aromatic heterocycles. The normalized spacial score (nSPS) is 16.7. The fourth-order valence-corrected chi connectivity index (χ4v) is 2.92. The molecular weight excluding hydrogens is 364 g/mol. The Morgan fingerprint density at radius 1 is 1.29 bits per heavy atom. The third-order valence-corrected chi connectivity index (χ3v) is 4.31. The Bertz CT molecular complexity index is 1000. The van der Waals surface area contributed by atoms with E-state index < -0.39 is 6.04 Å². The maximum absolute atomic E-state index is 12.7. The van der Waals surface area contributed by atoms with Crippen LogP contribution < -0.4 is 10.3 Å². The third kappa shape index (κ3) is 3.94. The number of aromatic nitrogens is 3. The minimum atomic E-state index is -0.510. The summed E-state index contributed by atoms with van der Waals surface area (Å²) in [4.78, 5) is 32.7. The lowest BCUT2D eigenvalue weighted by Crippen LogP contribution is -2.45. The summed E-state index contributed by atoms with van der Waals surface area (Å²) in [6.07, 6.45) is 1.51. The molecule has 0 spiro atoms. The Morgan fingerprint density at radius 2 is 2.14 bits per heavy atom. The first-order valence-corrected chi connectivity index (χ1v) is 8.78. The van der Waals surface area contributed by atoms with Gasteiger partial charge in [-0.25, -0.2) is 0 Å². The summed E-state index contributed by atoms with van der Waals surface area (Å²) < 4.78 is 16.4. The van der Waals surface area contributed by atoms with Crippen molar-refractivity contribution in [2.45, 2.75) is 6.04 Å².